The summed E-state index contributed by atoms with van der Waals surface area (Å²) in [6, 6.07) is 0. The van der Waals surface area contributed by atoms with Crippen molar-refractivity contribution in [3.05, 3.63) is 24.6 Å². The van der Waals surface area contributed by atoms with Gasteiger partial charge in [-0.1, -0.05) is 0 Å². The predicted octanol–water partition coefficient (Wildman–Crippen LogP) is -3.81. The van der Waals surface area contributed by atoms with Gasteiger partial charge in [-0.25, -0.2) is 9.98 Å². The molecular weight excluding hydrogens is 451 g/mol. The summed E-state index contributed by atoms with van der Waals surface area (Å²) in [5, 5.41) is 59.0. The molecule has 0 aromatic rings. The van der Waals surface area contributed by atoms with E-state index in [2.05, 4.69) is 9.98 Å². The molecule has 15 nitrogen and oxygen atoms in total. The predicted molar refractivity (Wildman–Crippen MR) is 111 cm³/mol. The lowest BCUT2D eigenvalue weighted by Crippen LogP contribution is -2.42. The molecule has 2 rings (SSSR count). The molecule has 6 atom stereocenters. The lowest BCUT2D eigenvalue weighted by atomic mass is 10.1. The van der Waals surface area contributed by atoms with Crippen LogP contribution in [0.15, 0.2) is 34.5 Å². The number of hydrogen-bond acceptors (Lipinski definition) is 15. The summed E-state index contributed by atoms with van der Waals surface area (Å²) in [5.74, 6) is -1.85. The summed E-state index contributed by atoms with van der Waals surface area (Å²) in [6.45, 7) is -1.47. The first kappa shape index (κ1) is 26.2. The molecule has 0 fully saturated rings. The molecule has 0 aromatic heterocycles. The highest BCUT2D eigenvalue weighted by atomic mass is 31.1. The Bertz CT molecular complexity index is 706. The first-order valence-corrected chi connectivity index (χ1v) is 10.7. The van der Waals surface area contributed by atoms with Crippen LogP contribution in [0.4, 0.5) is 0 Å². The Morgan fingerprint density at radius 2 is 1.28 bits per heavy atom. The maximum atomic E-state index is 12.1. The van der Waals surface area contributed by atoms with Gasteiger partial charge < -0.3 is 51.9 Å². The third kappa shape index (κ3) is 7.51. The van der Waals surface area contributed by atoms with Gasteiger partial charge in [0.25, 0.3) is 0 Å². The molecule has 0 saturated carbocycles. The smallest absolute Gasteiger partial charge is 0.323 e. The van der Waals surface area contributed by atoms with Gasteiger partial charge in [0.05, 0.1) is 25.0 Å². The van der Waals surface area contributed by atoms with Crippen molar-refractivity contribution in [1.29, 1.82) is 0 Å². The number of hydrogen-bond donors (Lipinski definition) is 8. The number of rotatable bonds is 12. The molecule has 0 saturated heterocycles. The third-order valence-electron chi connectivity index (χ3n) is 4.60. The summed E-state index contributed by atoms with van der Waals surface area (Å²) in [7, 11) is -3.49. The minimum atomic E-state index is -3.49. The minimum Gasteiger partial charge on any atom is -0.396 e. The largest absolute Gasteiger partial charge is 0.396 e. The van der Waals surface area contributed by atoms with E-state index >= 15 is 0 Å². The molecule has 32 heavy (non-hydrogen) atoms. The highest BCUT2D eigenvalue weighted by molar-refractivity contribution is 7.33. The van der Waals surface area contributed by atoms with E-state index in [4.69, 9.17) is 20.5 Å². The van der Waals surface area contributed by atoms with Gasteiger partial charge in [0, 0.05) is 25.5 Å². The van der Waals surface area contributed by atoms with Crippen LogP contribution in [0.3, 0.4) is 0 Å². The van der Waals surface area contributed by atoms with Gasteiger partial charge in [0.2, 0.25) is 12.7 Å². The summed E-state index contributed by atoms with van der Waals surface area (Å²) in [5.41, 5.74) is 10.9. The first-order chi connectivity index (χ1) is 15.1. The second-order valence-corrected chi connectivity index (χ2v) is 7.95. The molecule has 16 heteroatoms. The van der Waals surface area contributed by atoms with Crippen LogP contribution < -0.4 is 11.5 Å². The van der Waals surface area contributed by atoms with Crippen molar-refractivity contribution < 1.29 is 44.3 Å². The molecule has 0 spiro atoms. The summed E-state index contributed by atoms with van der Waals surface area (Å²) in [6.07, 6.45) is -0.615. The van der Waals surface area contributed by atoms with Crippen LogP contribution >= 0.6 is 8.25 Å². The van der Waals surface area contributed by atoms with E-state index in [9.17, 15) is 35.2 Å². The molecule has 2 aliphatic heterocycles. The summed E-state index contributed by atoms with van der Waals surface area (Å²) >= 11 is 0. The topological polar surface area (TPSA) is 240 Å². The minimum absolute atomic E-state index is 0.0970. The van der Waals surface area contributed by atoms with Crippen LogP contribution in [0, 0.1) is 11.8 Å². The summed E-state index contributed by atoms with van der Waals surface area (Å²) in [4.78, 5) is 9.92. The Hall–Kier alpha value is -2.07. The fraction of sp³-hybridized carbons (Fsp3) is 0.625. The molecule has 2 aliphatic rings. The third-order valence-corrected chi connectivity index (χ3v) is 5.46. The average Bonchev–Trinajstić information content (AvgIpc) is 2.72. The quantitative estimate of drug-likeness (QED) is 0.0988. The highest BCUT2D eigenvalue weighted by Crippen LogP contribution is 2.31. The Morgan fingerprint density at radius 1 is 0.906 bits per heavy atom. The Balaban J connectivity index is 1.86. The molecule has 0 aliphatic carbocycles. The van der Waals surface area contributed by atoms with Crippen LogP contribution in [0.25, 0.3) is 0 Å². The van der Waals surface area contributed by atoms with Crippen molar-refractivity contribution in [2.75, 3.05) is 26.3 Å². The van der Waals surface area contributed by atoms with E-state index in [-0.39, 0.29) is 24.8 Å². The zero-order chi connectivity index (χ0) is 23.8. The number of aliphatic hydroxyl groups excluding tert-OH is 6. The fourth-order valence-corrected chi connectivity index (χ4v) is 3.58. The lowest BCUT2D eigenvalue weighted by molar-refractivity contribution is -0.121. The van der Waals surface area contributed by atoms with Gasteiger partial charge in [-0.15, -0.1) is 0 Å². The molecular formula is C16H29N6O9P. The highest BCUT2D eigenvalue weighted by Gasteiger charge is 2.30. The normalized spacial score (nSPS) is 25.7. The van der Waals surface area contributed by atoms with Crippen molar-refractivity contribution in [2.45, 2.75) is 25.3 Å². The Morgan fingerprint density at radius 3 is 1.59 bits per heavy atom. The van der Waals surface area contributed by atoms with Crippen LogP contribution in [0.1, 0.15) is 0 Å². The van der Waals surface area contributed by atoms with Crippen molar-refractivity contribution in [1.82, 2.24) is 9.80 Å². The van der Waals surface area contributed by atoms with Crippen LogP contribution in [-0.4, -0.2) is 104 Å². The van der Waals surface area contributed by atoms with Crippen molar-refractivity contribution in [3.8, 4) is 0 Å². The van der Waals surface area contributed by atoms with Crippen LogP contribution in [0.2, 0.25) is 0 Å². The van der Waals surface area contributed by atoms with Crippen LogP contribution in [-0.2, 0) is 13.6 Å². The number of aliphatic hydroxyl groups is 6. The van der Waals surface area contributed by atoms with Crippen molar-refractivity contribution in [3.63, 3.8) is 0 Å². The molecule has 4 unspecified atom stereocenters. The Kier molecular flexibility index (Phi) is 10.0. The molecule has 0 aromatic carbocycles. The van der Waals surface area contributed by atoms with E-state index in [0.717, 1.165) is 0 Å². The molecule has 0 bridgehead atoms. The van der Waals surface area contributed by atoms with Gasteiger partial charge in [-0.2, -0.15) is 0 Å². The number of nitrogens with two attached hydrogens (primary N) is 2. The second kappa shape index (κ2) is 12.2. The van der Waals surface area contributed by atoms with Crippen molar-refractivity contribution in [2.24, 2.45) is 33.3 Å². The lowest BCUT2D eigenvalue weighted by Gasteiger charge is -2.32. The van der Waals surface area contributed by atoms with Gasteiger partial charge >= 0.3 is 8.25 Å². The van der Waals surface area contributed by atoms with E-state index in [1.54, 1.807) is 0 Å². The van der Waals surface area contributed by atoms with Gasteiger partial charge in [0.1, 0.15) is 11.7 Å². The Labute approximate surface area is 184 Å². The zero-order valence-electron chi connectivity index (χ0n) is 17.0. The van der Waals surface area contributed by atoms with E-state index < -0.39 is 58.6 Å². The van der Waals surface area contributed by atoms with Gasteiger partial charge in [0.15, 0.2) is 12.6 Å². The van der Waals surface area contributed by atoms with Gasteiger partial charge in [-0.3, -0.25) is 13.6 Å². The molecule has 182 valence electrons. The van der Waals surface area contributed by atoms with E-state index in [0.29, 0.717) is 0 Å². The maximum absolute atomic E-state index is 12.1. The molecule has 2 heterocycles. The number of nitrogens with zero attached hydrogens (tertiary/aromatic N) is 4. The monoisotopic (exact) mass is 480 g/mol. The second-order valence-electron chi connectivity index (χ2n) is 6.98. The van der Waals surface area contributed by atoms with E-state index in [1.165, 1.54) is 34.4 Å². The fourth-order valence-electron chi connectivity index (χ4n) is 2.74. The zero-order valence-corrected chi connectivity index (χ0v) is 18.0. The van der Waals surface area contributed by atoms with Crippen molar-refractivity contribution >= 4 is 19.9 Å². The van der Waals surface area contributed by atoms with Gasteiger partial charge in [-0.05, 0) is 12.2 Å². The van der Waals surface area contributed by atoms with Crippen LogP contribution in [0.5, 0.6) is 0 Å². The molecule has 10 N–H and O–H groups in total. The SMILES string of the molecule is NC1=NC(O)N(C[C@@H](CO)C(O)O[PH](=O)OC(O)[C@H](CO)CN2C=CC(N)=NC2O)C=C1. The maximum Gasteiger partial charge on any atom is 0.323 e. The van der Waals surface area contributed by atoms with E-state index in [1.807, 2.05) is 0 Å². The molecule has 0 radical (unpaired) electrons. The number of aliphatic imine (C=N–C) groups is 2. The molecule has 0 amide bonds. The standard InChI is InChI=1S/C16H29N6O9P/c17-11-1-3-21(15(27)19-11)5-9(7-23)13(25)30-32(29)31-14(26)10(8-24)6-22-4-2-12(18)20-16(22)28/h1-4,9-10,13-16,23-28,32H,5-8H2,(H2,17,19)(H2,18,20)/t9-,10-,13?,14?,15?,16?/m0/s1. The number of amidine groups is 2. The average molecular weight is 480 g/mol. The summed E-state index contributed by atoms with van der Waals surface area (Å²) < 4.78 is 21.9. The first-order valence-electron chi connectivity index (χ1n) is 9.50.